The highest BCUT2D eigenvalue weighted by Crippen LogP contribution is 2.14. The molecule has 1 atom stereocenters. The number of thioether (sulfide) groups is 1. The third-order valence-corrected chi connectivity index (χ3v) is 5.37. The summed E-state index contributed by atoms with van der Waals surface area (Å²) in [4.78, 5) is 0. The highest BCUT2D eigenvalue weighted by atomic mass is 32.2. The Bertz CT molecular complexity index is 301. The Labute approximate surface area is 109 Å². The summed E-state index contributed by atoms with van der Waals surface area (Å²) in [6, 6.07) is 0.0502. The Balaban J connectivity index is 2.33. The first kappa shape index (κ1) is 15.3. The topological polar surface area (TPSA) is 58.2 Å². The summed E-state index contributed by atoms with van der Waals surface area (Å²) in [6.45, 7) is 3.83. The molecular weight excluding hydrogens is 256 g/mol. The van der Waals surface area contributed by atoms with Crippen molar-refractivity contribution < 1.29 is 8.42 Å². The van der Waals surface area contributed by atoms with Crippen molar-refractivity contribution in [2.75, 3.05) is 30.9 Å². The number of sulfonamides is 1. The van der Waals surface area contributed by atoms with Gasteiger partial charge in [-0.3, -0.25) is 0 Å². The lowest BCUT2D eigenvalue weighted by Crippen LogP contribution is -2.39. The van der Waals surface area contributed by atoms with Gasteiger partial charge in [-0.25, -0.2) is 13.1 Å². The van der Waals surface area contributed by atoms with Gasteiger partial charge < -0.3 is 5.32 Å². The number of hydrogen-bond donors (Lipinski definition) is 2. The van der Waals surface area contributed by atoms with Crippen LogP contribution in [0.25, 0.3) is 0 Å². The second kappa shape index (κ2) is 7.61. The molecule has 0 saturated carbocycles. The Hall–Kier alpha value is 0.220. The summed E-state index contributed by atoms with van der Waals surface area (Å²) in [5.41, 5.74) is 0. The predicted octanol–water partition coefficient (Wildman–Crippen LogP) is 1.05. The first-order chi connectivity index (χ1) is 8.03. The van der Waals surface area contributed by atoms with E-state index in [1.165, 1.54) is 0 Å². The molecular formula is C11H24N2O2S2. The van der Waals surface area contributed by atoms with E-state index in [9.17, 15) is 8.42 Å². The summed E-state index contributed by atoms with van der Waals surface area (Å²) in [5.74, 6) is 1.61. The maximum Gasteiger partial charge on any atom is 0.212 e. The molecule has 0 aromatic heterocycles. The minimum absolute atomic E-state index is 0.0502. The minimum Gasteiger partial charge on any atom is -0.317 e. The summed E-state index contributed by atoms with van der Waals surface area (Å²) < 4.78 is 26.6. The zero-order chi connectivity index (χ0) is 12.7. The second-order valence-corrected chi connectivity index (χ2v) is 7.56. The molecule has 0 spiro atoms. The Kier molecular flexibility index (Phi) is 6.84. The molecule has 0 bridgehead atoms. The molecule has 0 aromatic rings. The average molecular weight is 280 g/mol. The smallest absolute Gasteiger partial charge is 0.212 e. The molecule has 0 amide bonds. The summed E-state index contributed by atoms with van der Waals surface area (Å²) in [6.07, 6.45) is 4.88. The minimum atomic E-state index is -3.10. The van der Waals surface area contributed by atoms with E-state index in [-0.39, 0.29) is 11.8 Å². The lowest BCUT2D eigenvalue weighted by molar-refractivity contribution is 0.399. The predicted molar refractivity (Wildman–Crippen MR) is 75.0 cm³/mol. The quantitative estimate of drug-likeness (QED) is 0.732. The van der Waals surface area contributed by atoms with E-state index in [1.807, 2.05) is 13.2 Å². The van der Waals surface area contributed by atoms with Gasteiger partial charge in [0.05, 0.1) is 5.75 Å². The van der Waals surface area contributed by atoms with Crippen LogP contribution in [0, 0.1) is 5.92 Å². The standard InChI is InChI=1S/C11H24N2O2S2/c1-10(5-8-16-2)13-17(14,15)9-11-3-6-12-7-4-11/h10-13H,3-9H2,1-2H3. The molecule has 1 unspecified atom stereocenters. The van der Waals surface area contributed by atoms with E-state index in [1.54, 1.807) is 11.8 Å². The van der Waals surface area contributed by atoms with E-state index < -0.39 is 10.0 Å². The molecule has 4 nitrogen and oxygen atoms in total. The molecule has 102 valence electrons. The van der Waals surface area contributed by atoms with Gasteiger partial charge in [-0.05, 0) is 57.2 Å². The van der Waals surface area contributed by atoms with Crippen LogP contribution in [-0.2, 0) is 10.0 Å². The van der Waals surface area contributed by atoms with Crippen LogP contribution < -0.4 is 10.0 Å². The molecule has 1 aliphatic rings. The normalized spacial score (nSPS) is 20.4. The van der Waals surface area contributed by atoms with Crippen LogP contribution in [0.1, 0.15) is 26.2 Å². The fourth-order valence-electron chi connectivity index (χ4n) is 2.07. The third kappa shape index (κ3) is 6.64. The van der Waals surface area contributed by atoms with Crippen molar-refractivity contribution in [3.8, 4) is 0 Å². The molecule has 1 fully saturated rings. The van der Waals surface area contributed by atoms with Crippen molar-refractivity contribution >= 4 is 21.8 Å². The first-order valence-electron chi connectivity index (χ1n) is 6.23. The molecule has 0 aliphatic carbocycles. The average Bonchev–Trinajstić information content (AvgIpc) is 2.26. The third-order valence-electron chi connectivity index (χ3n) is 3.05. The Morgan fingerprint density at radius 1 is 1.41 bits per heavy atom. The maximum absolute atomic E-state index is 11.9. The highest BCUT2D eigenvalue weighted by molar-refractivity contribution is 7.98. The first-order valence-corrected chi connectivity index (χ1v) is 9.28. The van der Waals surface area contributed by atoms with Crippen molar-refractivity contribution in [3.63, 3.8) is 0 Å². The van der Waals surface area contributed by atoms with Gasteiger partial charge in [-0.2, -0.15) is 11.8 Å². The van der Waals surface area contributed by atoms with Crippen LogP contribution in [-0.4, -0.2) is 45.3 Å². The Morgan fingerprint density at radius 2 is 2.06 bits per heavy atom. The number of piperidine rings is 1. The van der Waals surface area contributed by atoms with Crippen molar-refractivity contribution in [3.05, 3.63) is 0 Å². The van der Waals surface area contributed by atoms with Gasteiger partial charge in [-0.1, -0.05) is 0 Å². The van der Waals surface area contributed by atoms with Gasteiger partial charge in [0.1, 0.15) is 0 Å². The van der Waals surface area contributed by atoms with Crippen molar-refractivity contribution in [2.45, 2.75) is 32.2 Å². The largest absolute Gasteiger partial charge is 0.317 e. The van der Waals surface area contributed by atoms with Gasteiger partial charge in [0.2, 0.25) is 10.0 Å². The maximum atomic E-state index is 11.9. The van der Waals surface area contributed by atoms with E-state index in [0.29, 0.717) is 5.92 Å². The van der Waals surface area contributed by atoms with Crippen molar-refractivity contribution in [1.82, 2.24) is 10.0 Å². The van der Waals surface area contributed by atoms with Crippen LogP contribution in [0.5, 0.6) is 0 Å². The molecule has 17 heavy (non-hydrogen) atoms. The van der Waals surface area contributed by atoms with Gasteiger partial charge in [0, 0.05) is 6.04 Å². The van der Waals surface area contributed by atoms with Gasteiger partial charge in [0.25, 0.3) is 0 Å². The van der Waals surface area contributed by atoms with Gasteiger partial charge >= 0.3 is 0 Å². The monoisotopic (exact) mass is 280 g/mol. The zero-order valence-corrected chi connectivity index (χ0v) is 12.4. The molecule has 1 rings (SSSR count). The van der Waals surface area contributed by atoms with Gasteiger partial charge in [-0.15, -0.1) is 0 Å². The number of rotatable bonds is 7. The van der Waals surface area contributed by atoms with Crippen LogP contribution in [0.15, 0.2) is 0 Å². The highest BCUT2D eigenvalue weighted by Gasteiger charge is 2.22. The molecule has 0 radical (unpaired) electrons. The fraction of sp³-hybridized carbons (Fsp3) is 1.00. The van der Waals surface area contributed by atoms with E-state index >= 15 is 0 Å². The van der Waals surface area contributed by atoms with Crippen LogP contribution in [0.3, 0.4) is 0 Å². The fourth-order valence-corrected chi connectivity index (χ4v) is 4.44. The molecule has 1 aliphatic heterocycles. The van der Waals surface area contributed by atoms with Crippen LogP contribution >= 0.6 is 11.8 Å². The van der Waals surface area contributed by atoms with Crippen molar-refractivity contribution in [1.29, 1.82) is 0 Å². The SMILES string of the molecule is CSCCC(C)NS(=O)(=O)CC1CCNCC1. The summed E-state index contributed by atoms with van der Waals surface area (Å²) in [7, 11) is -3.10. The lowest BCUT2D eigenvalue weighted by atomic mass is 10.0. The molecule has 2 N–H and O–H groups in total. The second-order valence-electron chi connectivity index (χ2n) is 4.78. The molecule has 0 aromatic carbocycles. The van der Waals surface area contributed by atoms with Gasteiger partial charge in [0.15, 0.2) is 0 Å². The summed E-state index contributed by atoms with van der Waals surface area (Å²) >= 11 is 1.75. The van der Waals surface area contributed by atoms with Crippen molar-refractivity contribution in [2.24, 2.45) is 5.92 Å². The van der Waals surface area contributed by atoms with Crippen LogP contribution in [0.2, 0.25) is 0 Å². The van der Waals surface area contributed by atoms with Crippen LogP contribution in [0.4, 0.5) is 0 Å². The summed E-state index contributed by atoms with van der Waals surface area (Å²) in [5, 5.41) is 3.25. The Morgan fingerprint density at radius 3 is 2.65 bits per heavy atom. The lowest BCUT2D eigenvalue weighted by Gasteiger charge is -2.23. The van der Waals surface area contributed by atoms with E-state index in [2.05, 4.69) is 10.0 Å². The zero-order valence-electron chi connectivity index (χ0n) is 10.7. The molecule has 6 heteroatoms. The molecule has 1 heterocycles. The molecule has 1 saturated heterocycles. The number of nitrogens with one attached hydrogen (secondary N) is 2. The van der Waals surface area contributed by atoms with E-state index in [4.69, 9.17) is 0 Å². The van der Waals surface area contributed by atoms with E-state index in [0.717, 1.165) is 38.1 Å². The number of hydrogen-bond acceptors (Lipinski definition) is 4.